The molecule has 1 aromatic heterocycles. The van der Waals surface area contributed by atoms with Gasteiger partial charge in [0.15, 0.2) is 11.5 Å². The van der Waals surface area contributed by atoms with Gasteiger partial charge in [-0.3, -0.25) is 4.98 Å². The van der Waals surface area contributed by atoms with Gasteiger partial charge in [-0.05, 0) is 18.6 Å². The van der Waals surface area contributed by atoms with E-state index in [1.54, 1.807) is 0 Å². The van der Waals surface area contributed by atoms with E-state index in [2.05, 4.69) is 11.9 Å². The molecule has 18 heavy (non-hydrogen) atoms. The number of hydrogen-bond acceptors (Lipinski definition) is 3. The molecule has 0 saturated carbocycles. The first kappa shape index (κ1) is 11.6. The summed E-state index contributed by atoms with van der Waals surface area (Å²) in [7, 11) is 0. The Bertz CT molecular complexity index is 598. The maximum Gasteiger partial charge on any atom is 0.163 e. The predicted molar refractivity (Wildman–Crippen MR) is 71.7 cm³/mol. The zero-order valence-electron chi connectivity index (χ0n) is 10.2. The van der Waals surface area contributed by atoms with Crippen molar-refractivity contribution in [3.05, 3.63) is 28.9 Å². The highest BCUT2D eigenvalue weighted by atomic mass is 35.5. The van der Waals surface area contributed by atoms with Crippen molar-refractivity contribution in [2.45, 2.75) is 19.8 Å². The largest absolute Gasteiger partial charge is 0.486 e. The molecule has 0 spiro atoms. The standard InChI is InChI=1S/C14H14ClNO2/c1-2-3-9-6-11(15)10-7-13-14(8-12(10)16-9)18-5-4-17-13/h6-8H,2-5H2,1H3. The molecule has 4 heteroatoms. The van der Waals surface area contributed by atoms with E-state index >= 15 is 0 Å². The first-order chi connectivity index (χ1) is 8.78. The van der Waals surface area contributed by atoms with E-state index in [9.17, 15) is 0 Å². The summed E-state index contributed by atoms with van der Waals surface area (Å²) in [4.78, 5) is 4.61. The lowest BCUT2D eigenvalue weighted by Crippen LogP contribution is -2.15. The van der Waals surface area contributed by atoms with E-state index in [0.717, 1.165) is 46.0 Å². The Labute approximate surface area is 111 Å². The number of pyridine rings is 1. The van der Waals surface area contributed by atoms with E-state index in [1.165, 1.54) is 0 Å². The van der Waals surface area contributed by atoms with Crippen LogP contribution in [0.4, 0.5) is 0 Å². The fourth-order valence-corrected chi connectivity index (χ4v) is 2.43. The number of ether oxygens (including phenoxy) is 2. The highest BCUT2D eigenvalue weighted by Crippen LogP contribution is 2.36. The van der Waals surface area contributed by atoms with E-state index in [4.69, 9.17) is 21.1 Å². The second kappa shape index (κ2) is 4.65. The molecule has 0 aliphatic carbocycles. The third kappa shape index (κ3) is 1.99. The summed E-state index contributed by atoms with van der Waals surface area (Å²) in [6.45, 7) is 3.29. The van der Waals surface area contributed by atoms with Crippen LogP contribution >= 0.6 is 11.6 Å². The number of halogens is 1. The van der Waals surface area contributed by atoms with Gasteiger partial charge in [0, 0.05) is 17.1 Å². The van der Waals surface area contributed by atoms with Crippen LogP contribution in [0.2, 0.25) is 5.02 Å². The zero-order chi connectivity index (χ0) is 12.5. The molecule has 0 saturated heterocycles. The van der Waals surface area contributed by atoms with Gasteiger partial charge in [0.05, 0.1) is 10.5 Å². The Hall–Kier alpha value is -1.48. The Kier molecular flexibility index (Phi) is 3.00. The SMILES string of the molecule is CCCc1cc(Cl)c2cc3c(cc2n1)OCCO3. The van der Waals surface area contributed by atoms with Crippen LogP contribution in [0.25, 0.3) is 10.9 Å². The lowest BCUT2D eigenvalue weighted by Gasteiger charge is -2.19. The maximum atomic E-state index is 6.30. The number of fused-ring (bicyclic) bond motifs is 2. The molecule has 1 aliphatic rings. The lowest BCUT2D eigenvalue weighted by atomic mass is 10.1. The second-order valence-electron chi connectivity index (χ2n) is 4.36. The quantitative estimate of drug-likeness (QED) is 0.829. The highest BCUT2D eigenvalue weighted by molar-refractivity contribution is 6.35. The predicted octanol–water partition coefficient (Wildman–Crippen LogP) is 3.61. The summed E-state index contributed by atoms with van der Waals surface area (Å²) >= 11 is 6.30. The average Bonchev–Trinajstić information content (AvgIpc) is 2.37. The van der Waals surface area contributed by atoms with Crippen LogP contribution in [0, 0.1) is 0 Å². The molecular weight excluding hydrogens is 250 g/mol. The summed E-state index contributed by atoms with van der Waals surface area (Å²) < 4.78 is 11.1. The molecule has 1 aliphatic heterocycles. The average molecular weight is 264 g/mol. The monoisotopic (exact) mass is 263 g/mol. The van der Waals surface area contributed by atoms with Gasteiger partial charge in [-0.1, -0.05) is 24.9 Å². The van der Waals surface area contributed by atoms with E-state index in [-0.39, 0.29) is 0 Å². The Balaban J connectivity index is 2.17. The van der Waals surface area contributed by atoms with Gasteiger partial charge in [-0.2, -0.15) is 0 Å². The van der Waals surface area contributed by atoms with E-state index in [0.29, 0.717) is 13.2 Å². The molecule has 0 bridgehead atoms. The molecule has 2 aromatic rings. The third-order valence-electron chi connectivity index (χ3n) is 2.98. The van der Waals surface area contributed by atoms with Crippen molar-refractivity contribution in [2.75, 3.05) is 13.2 Å². The van der Waals surface area contributed by atoms with Crippen LogP contribution in [-0.4, -0.2) is 18.2 Å². The molecule has 3 nitrogen and oxygen atoms in total. The fourth-order valence-electron chi connectivity index (χ4n) is 2.16. The summed E-state index contributed by atoms with van der Waals surface area (Å²) in [5.74, 6) is 1.51. The molecule has 3 rings (SSSR count). The Morgan fingerprint density at radius 1 is 1.17 bits per heavy atom. The minimum absolute atomic E-state index is 0.581. The Morgan fingerprint density at radius 2 is 1.89 bits per heavy atom. The summed E-state index contributed by atoms with van der Waals surface area (Å²) in [5.41, 5.74) is 1.89. The van der Waals surface area contributed by atoms with Gasteiger partial charge in [-0.25, -0.2) is 0 Å². The van der Waals surface area contributed by atoms with Gasteiger partial charge >= 0.3 is 0 Å². The van der Waals surface area contributed by atoms with Crippen LogP contribution < -0.4 is 9.47 Å². The van der Waals surface area contributed by atoms with Gasteiger partial charge in [0.2, 0.25) is 0 Å². The van der Waals surface area contributed by atoms with Crippen molar-refractivity contribution in [1.29, 1.82) is 0 Å². The van der Waals surface area contributed by atoms with Crippen molar-refractivity contribution >= 4 is 22.5 Å². The topological polar surface area (TPSA) is 31.4 Å². The van der Waals surface area contributed by atoms with Crippen molar-refractivity contribution in [3.63, 3.8) is 0 Å². The molecule has 0 amide bonds. The van der Waals surface area contributed by atoms with Gasteiger partial charge in [0.25, 0.3) is 0 Å². The number of benzene rings is 1. The van der Waals surface area contributed by atoms with Crippen molar-refractivity contribution < 1.29 is 9.47 Å². The van der Waals surface area contributed by atoms with Crippen molar-refractivity contribution in [3.8, 4) is 11.5 Å². The van der Waals surface area contributed by atoms with Crippen LogP contribution in [0.3, 0.4) is 0 Å². The molecule has 0 fully saturated rings. The number of rotatable bonds is 2. The molecule has 2 heterocycles. The van der Waals surface area contributed by atoms with Crippen LogP contribution in [0.15, 0.2) is 18.2 Å². The first-order valence-electron chi connectivity index (χ1n) is 6.16. The molecular formula is C14H14ClNO2. The smallest absolute Gasteiger partial charge is 0.163 e. The third-order valence-corrected chi connectivity index (χ3v) is 3.29. The molecule has 0 atom stereocenters. The maximum absolute atomic E-state index is 6.30. The number of aryl methyl sites for hydroxylation is 1. The van der Waals surface area contributed by atoms with E-state index in [1.807, 2.05) is 18.2 Å². The highest BCUT2D eigenvalue weighted by Gasteiger charge is 2.15. The normalized spacial score (nSPS) is 13.9. The summed E-state index contributed by atoms with van der Waals surface area (Å²) in [6.07, 6.45) is 1.99. The van der Waals surface area contributed by atoms with Crippen LogP contribution in [-0.2, 0) is 6.42 Å². The van der Waals surface area contributed by atoms with Crippen molar-refractivity contribution in [2.24, 2.45) is 0 Å². The lowest BCUT2D eigenvalue weighted by molar-refractivity contribution is 0.172. The van der Waals surface area contributed by atoms with Gasteiger partial charge < -0.3 is 9.47 Å². The van der Waals surface area contributed by atoms with Gasteiger partial charge in [-0.15, -0.1) is 0 Å². The molecule has 0 radical (unpaired) electrons. The van der Waals surface area contributed by atoms with E-state index < -0.39 is 0 Å². The zero-order valence-corrected chi connectivity index (χ0v) is 11.0. The van der Waals surface area contributed by atoms with Crippen LogP contribution in [0.1, 0.15) is 19.0 Å². The molecule has 0 unspecified atom stereocenters. The van der Waals surface area contributed by atoms with Crippen molar-refractivity contribution in [1.82, 2.24) is 4.98 Å². The van der Waals surface area contributed by atoms with Gasteiger partial charge in [0.1, 0.15) is 13.2 Å². The molecule has 1 aromatic carbocycles. The molecule has 0 N–H and O–H groups in total. The van der Waals surface area contributed by atoms with Crippen LogP contribution in [0.5, 0.6) is 11.5 Å². The second-order valence-corrected chi connectivity index (χ2v) is 4.77. The number of nitrogens with zero attached hydrogens (tertiary/aromatic N) is 1. The molecule has 94 valence electrons. The Morgan fingerprint density at radius 3 is 2.61 bits per heavy atom. The minimum atomic E-state index is 0.581. The number of aromatic nitrogens is 1. The summed E-state index contributed by atoms with van der Waals surface area (Å²) in [5, 5.41) is 1.64. The minimum Gasteiger partial charge on any atom is -0.486 e. The summed E-state index contributed by atoms with van der Waals surface area (Å²) in [6, 6.07) is 5.76. The first-order valence-corrected chi connectivity index (χ1v) is 6.54. The fraction of sp³-hybridized carbons (Fsp3) is 0.357. The number of hydrogen-bond donors (Lipinski definition) is 0.